The van der Waals surface area contributed by atoms with Crippen molar-refractivity contribution >= 4 is 34.9 Å². The van der Waals surface area contributed by atoms with Crippen LogP contribution in [0, 0.1) is 10.5 Å². The molecule has 2 N–H and O–H groups in total. The Bertz CT molecular complexity index is 810. The molecule has 0 aliphatic heterocycles. The molecule has 23 heavy (non-hydrogen) atoms. The number of hydrogen-bond donors (Lipinski definition) is 2. The molecule has 0 saturated carbocycles. The first-order chi connectivity index (χ1) is 11.1. The summed E-state index contributed by atoms with van der Waals surface area (Å²) in [4.78, 5) is 14.8. The Morgan fingerprint density at radius 1 is 1.43 bits per heavy atom. The van der Waals surface area contributed by atoms with E-state index in [1.165, 1.54) is 6.21 Å². The average Bonchev–Trinajstić information content (AvgIpc) is 2.53. The fraction of sp³-hybridized carbons (Fsp3) is 0.176. The Labute approximate surface area is 147 Å². The van der Waals surface area contributed by atoms with Crippen molar-refractivity contribution in [3.8, 4) is 11.5 Å². The first kappa shape index (κ1) is 17.3. The van der Waals surface area contributed by atoms with Gasteiger partial charge in [0.05, 0.1) is 6.21 Å². The molecule has 2 rings (SSSR count). The van der Waals surface area contributed by atoms with E-state index in [0.717, 1.165) is 23.2 Å². The quantitative estimate of drug-likeness (QED) is 0.328. The maximum atomic E-state index is 12.0. The highest BCUT2D eigenvalue weighted by Gasteiger charge is 2.15. The number of aromatic nitrogens is 1. The zero-order valence-corrected chi connectivity index (χ0v) is 15.0. The number of halogens is 1. The normalized spacial score (nSPS) is 11.4. The van der Waals surface area contributed by atoms with Crippen LogP contribution in [0.3, 0.4) is 0 Å². The number of pyridine rings is 1. The number of aryl methyl sites for hydroxylation is 1. The predicted molar refractivity (Wildman–Crippen MR) is 99.7 cm³/mol. The summed E-state index contributed by atoms with van der Waals surface area (Å²) in [6.07, 6.45) is 5.46. The lowest BCUT2D eigenvalue weighted by molar-refractivity contribution is 0.322. The molecule has 1 aromatic carbocycles. The number of hydrogen-bond acceptors (Lipinski definition) is 4. The van der Waals surface area contributed by atoms with E-state index in [4.69, 9.17) is 9.94 Å². The van der Waals surface area contributed by atoms with Crippen molar-refractivity contribution in [3.05, 3.63) is 61.1 Å². The number of nitrogens with one attached hydrogen (secondary N) is 1. The molecule has 0 amide bonds. The molecule has 0 unspecified atom stereocenters. The second-order valence-electron chi connectivity index (χ2n) is 4.85. The third kappa shape index (κ3) is 4.22. The largest absolute Gasteiger partial charge is 0.456 e. The minimum atomic E-state index is -0.148. The van der Waals surface area contributed by atoms with E-state index >= 15 is 0 Å². The van der Waals surface area contributed by atoms with Crippen LogP contribution >= 0.6 is 22.6 Å². The van der Waals surface area contributed by atoms with Gasteiger partial charge in [-0.3, -0.25) is 4.79 Å². The number of nitrogens with zero attached hydrogens (tertiary/aromatic N) is 1. The SMILES string of the molecule is CCc1c(C)[nH]c(=O)c(I)c1Oc1cccc(/C=C/C=N/O)c1. The number of rotatable bonds is 5. The first-order valence-corrected chi connectivity index (χ1v) is 8.18. The van der Waals surface area contributed by atoms with Crippen LogP contribution in [-0.2, 0) is 6.42 Å². The molecule has 0 atom stereocenters. The van der Waals surface area contributed by atoms with Crippen molar-refractivity contribution < 1.29 is 9.94 Å². The van der Waals surface area contributed by atoms with Gasteiger partial charge in [-0.05, 0) is 59.7 Å². The zero-order chi connectivity index (χ0) is 16.8. The Morgan fingerprint density at radius 3 is 2.91 bits per heavy atom. The Balaban J connectivity index is 2.40. The van der Waals surface area contributed by atoms with Crippen molar-refractivity contribution in [2.24, 2.45) is 5.16 Å². The van der Waals surface area contributed by atoms with Crippen LogP contribution in [0.5, 0.6) is 11.5 Å². The Hall–Kier alpha value is -2.09. The molecule has 5 nitrogen and oxygen atoms in total. The van der Waals surface area contributed by atoms with E-state index in [1.807, 2.05) is 60.7 Å². The maximum Gasteiger partial charge on any atom is 0.265 e. The van der Waals surface area contributed by atoms with E-state index in [-0.39, 0.29) is 5.56 Å². The van der Waals surface area contributed by atoms with E-state index < -0.39 is 0 Å². The first-order valence-electron chi connectivity index (χ1n) is 7.10. The summed E-state index contributed by atoms with van der Waals surface area (Å²) in [5.74, 6) is 1.25. The highest BCUT2D eigenvalue weighted by Crippen LogP contribution is 2.30. The van der Waals surface area contributed by atoms with Crippen molar-refractivity contribution in [3.63, 3.8) is 0 Å². The molecule has 0 saturated heterocycles. The third-order valence-corrected chi connectivity index (χ3v) is 4.28. The Kier molecular flexibility index (Phi) is 5.97. The molecule has 2 aromatic rings. The molecular weight excluding hydrogens is 407 g/mol. The number of H-pyrrole nitrogens is 1. The van der Waals surface area contributed by atoms with Crippen molar-refractivity contribution in [2.45, 2.75) is 20.3 Å². The summed E-state index contributed by atoms with van der Waals surface area (Å²) >= 11 is 2.01. The number of allylic oxidation sites excluding steroid dienone is 1. The second kappa shape index (κ2) is 7.96. The minimum absolute atomic E-state index is 0.148. The summed E-state index contributed by atoms with van der Waals surface area (Å²) in [7, 11) is 0. The van der Waals surface area contributed by atoms with Crippen molar-refractivity contribution in [1.82, 2.24) is 4.98 Å². The lowest BCUT2D eigenvalue weighted by Crippen LogP contribution is -2.15. The summed E-state index contributed by atoms with van der Waals surface area (Å²) in [5.41, 5.74) is 2.56. The number of benzene rings is 1. The van der Waals surface area contributed by atoms with Gasteiger partial charge in [0.25, 0.3) is 5.56 Å². The third-order valence-electron chi connectivity index (χ3n) is 3.30. The summed E-state index contributed by atoms with van der Waals surface area (Å²) in [6.45, 7) is 3.90. The summed E-state index contributed by atoms with van der Waals surface area (Å²) in [6, 6.07) is 7.46. The zero-order valence-electron chi connectivity index (χ0n) is 12.8. The summed E-state index contributed by atoms with van der Waals surface area (Å²) < 4.78 is 6.54. The van der Waals surface area contributed by atoms with Gasteiger partial charge >= 0.3 is 0 Å². The van der Waals surface area contributed by atoms with E-state index in [1.54, 1.807) is 12.2 Å². The van der Waals surface area contributed by atoms with Crippen LogP contribution in [0.1, 0.15) is 23.7 Å². The van der Waals surface area contributed by atoms with E-state index in [0.29, 0.717) is 15.1 Å². The van der Waals surface area contributed by atoms with E-state index in [9.17, 15) is 4.79 Å². The smallest absolute Gasteiger partial charge is 0.265 e. The lowest BCUT2D eigenvalue weighted by atomic mass is 10.1. The molecule has 0 fully saturated rings. The van der Waals surface area contributed by atoms with Crippen molar-refractivity contribution in [2.75, 3.05) is 0 Å². The second-order valence-corrected chi connectivity index (χ2v) is 5.93. The molecule has 1 aromatic heterocycles. The van der Waals surface area contributed by atoms with Gasteiger partial charge in [-0.25, -0.2) is 0 Å². The molecule has 0 aliphatic rings. The van der Waals surface area contributed by atoms with Gasteiger partial charge < -0.3 is 14.9 Å². The van der Waals surface area contributed by atoms with Gasteiger partial charge in [-0.2, -0.15) is 0 Å². The maximum absolute atomic E-state index is 12.0. The number of aromatic amines is 1. The fourth-order valence-electron chi connectivity index (χ4n) is 2.23. The molecule has 0 aliphatic carbocycles. The monoisotopic (exact) mass is 424 g/mol. The van der Waals surface area contributed by atoms with Gasteiger partial charge in [0.2, 0.25) is 0 Å². The molecule has 120 valence electrons. The number of ether oxygens (including phenoxy) is 1. The molecule has 0 bridgehead atoms. The molecule has 0 radical (unpaired) electrons. The van der Waals surface area contributed by atoms with Crippen LogP contribution in [0.4, 0.5) is 0 Å². The highest BCUT2D eigenvalue weighted by atomic mass is 127. The standard InChI is InChI=1S/C17H17IN2O3/c1-3-14-11(2)20-17(21)15(18)16(14)23-13-8-4-6-12(10-13)7-5-9-19-22/h4-10,22H,3H2,1-2H3,(H,20,21)/b7-5+,19-9+. The molecule has 6 heteroatoms. The fourth-order valence-corrected chi connectivity index (χ4v) is 2.80. The van der Waals surface area contributed by atoms with Gasteiger partial charge in [-0.15, -0.1) is 0 Å². The molecule has 1 heterocycles. The van der Waals surface area contributed by atoms with Crippen LogP contribution in [0.15, 0.2) is 40.3 Å². The number of oxime groups is 1. The summed E-state index contributed by atoms with van der Waals surface area (Å²) in [5, 5.41) is 11.3. The van der Waals surface area contributed by atoms with Gasteiger partial charge in [0.15, 0.2) is 5.75 Å². The van der Waals surface area contributed by atoms with Crippen LogP contribution in [-0.4, -0.2) is 16.4 Å². The van der Waals surface area contributed by atoms with Crippen molar-refractivity contribution in [1.29, 1.82) is 0 Å². The highest BCUT2D eigenvalue weighted by molar-refractivity contribution is 14.1. The van der Waals surface area contributed by atoms with E-state index in [2.05, 4.69) is 10.1 Å². The molecule has 0 spiro atoms. The van der Waals surface area contributed by atoms with Gasteiger partial charge in [0, 0.05) is 11.3 Å². The van der Waals surface area contributed by atoms with Gasteiger partial charge in [-0.1, -0.05) is 30.3 Å². The van der Waals surface area contributed by atoms with Crippen LogP contribution in [0.25, 0.3) is 6.08 Å². The average molecular weight is 424 g/mol. The molecular formula is C17H17IN2O3. The lowest BCUT2D eigenvalue weighted by Gasteiger charge is -2.14. The van der Waals surface area contributed by atoms with Crippen LogP contribution < -0.4 is 10.3 Å². The predicted octanol–water partition coefficient (Wildman–Crippen LogP) is 4.12. The van der Waals surface area contributed by atoms with Crippen LogP contribution in [0.2, 0.25) is 0 Å². The Morgan fingerprint density at radius 2 is 2.22 bits per heavy atom. The topological polar surface area (TPSA) is 74.7 Å². The minimum Gasteiger partial charge on any atom is -0.456 e. The van der Waals surface area contributed by atoms with Gasteiger partial charge in [0.1, 0.15) is 9.32 Å².